The fourth-order valence-corrected chi connectivity index (χ4v) is 4.39. The molecule has 26 heavy (non-hydrogen) atoms. The predicted molar refractivity (Wildman–Crippen MR) is 100 cm³/mol. The van der Waals surface area contributed by atoms with Crippen LogP contribution in [0.25, 0.3) is 0 Å². The molecular formula is C18H26N2O5S. The van der Waals surface area contributed by atoms with Crippen LogP contribution in [0.15, 0.2) is 24.3 Å². The number of carbonyl (C=O) groups excluding carboxylic acids is 2. The number of hydrogen-bond donors (Lipinski definition) is 1. The van der Waals surface area contributed by atoms with Gasteiger partial charge in [-0.25, -0.2) is 8.42 Å². The Hall–Kier alpha value is -2.09. The zero-order valence-corrected chi connectivity index (χ0v) is 16.4. The van der Waals surface area contributed by atoms with Crippen LogP contribution in [0.4, 0.5) is 5.69 Å². The van der Waals surface area contributed by atoms with Crippen molar-refractivity contribution >= 4 is 27.3 Å². The third-order valence-corrected chi connectivity index (χ3v) is 5.91. The number of rotatable bonds is 5. The maximum absolute atomic E-state index is 12.3. The fraction of sp³-hybridized carbons (Fsp3) is 0.556. The topological polar surface area (TPSA) is 92.8 Å². The van der Waals surface area contributed by atoms with Crippen molar-refractivity contribution in [1.29, 1.82) is 0 Å². The van der Waals surface area contributed by atoms with Gasteiger partial charge in [0.15, 0.2) is 16.4 Å². The third-order valence-electron chi connectivity index (χ3n) is 4.14. The minimum atomic E-state index is -3.03. The summed E-state index contributed by atoms with van der Waals surface area (Å²) in [6, 6.07) is 6.54. The summed E-state index contributed by atoms with van der Waals surface area (Å²) < 4.78 is 28.2. The van der Waals surface area contributed by atoms with E-state index in [0.717, 1.165) is 5.69 Å². The predicted octanol–water partition coefficient (Wildman–Crippen LogP) is 1.38. The Morgan fingerprint density at radius 3 is 2.35 bits per heavy atom. The molecule has 0 radical (unpaired) electrons. The average molecular weight is 382 g/mol. The Kier molecular flexibility index (Phi) is 5.95. The molecule has 1 saturated heterocycles. The molecule has 1 unspecified atom stereocenters. The maximum Gasteiger partial charge on any atom is 0.258 e. The van der Waals surface area contributed by atoms with Gasteiger partial charge in [-0.1, -0.05) is 20.8 Å². The Morgan fingerprint density at radius 2 is 1.85 bits per heavy atom. The first kappa shape index (κ1) is 20.2. The molecule has 0 bridgehead atoms. The van der Waals surface area contributed by atoms with Crippen molar-refractivity contribution < 1.29 is 22.7 Å². The number of hydrogen-bond acceptors (Lipinski definition) is 5. The summed E-state index contributed by atoms with van der Waals surface area (Å²) in [5.41, 5.74) is 0.258. The van der Waals surface area contributed by atoms with Gasteiger partial charge in [-0.3, -0.25) is 9.59 Å². The zero-order chi connectivity index (χ0) is 19.5. The quantitative estimate of drug-likeness (QED) is 0.830. The largest absolute Gasteiger partial charge is 0.484 e. The molecule has 144 valence electrons. The van der Waals surface area contributed by atoms with E-state index in [-0.39, 0.29) is 36.0 Å². The summed E-state index contributed by atoms with van der Waals surface area (Å²) >= 11 is 0. The minimum Gasteiger partial charge on any atom is -0.484 e. The molecule has 1 N–H and O–H groups in total. The third kappa shape index (κ3) is 5.45. The van der Waals surface area contributed by atoms with Crippen LogP contribution >= 0.6 is 0 Å². The van der Waals surface area contributed by atoms with Gasteiger partial charge in [-0.05, 0) is 30.7 Å². The molecule has 1 aromatic carbocycles. The highest BCUT2D eigenvalue weighted by molar-refractivity contribution is 7.91. The monoisotopic (exact) mass is 382 g/mol. The smallest absolute Gasteiger partial charge is 0.258 e. The number of benzene rings is 1. The second-order valence-corrected chi connectivity index (χ2v) is 9.79. The van der Waals surface area contributed by atoms with Crippen LogP contribution in [0.3, 0.4) is 0 Å². The van der Waals surface area contributed by atoms with Crippen molar-refractivity contribution in [2.45, 2.75) is 33.2 Å². The van der Waals surface area contributed by atoms with Gasteiger partial charge in [-0.15, -0.1) is 0 Å². The summed E-state index contributed by atoms with van der Waals surface area (Å²) in [5, 5.41) is 2.67. The van der Waals surface area contributed by atoms with Crippen LogP contribution < -0.4 is 15.0 Å². The van der Waals surface area contributed by atoms with Crippen molar-refractivity contribution in [2.24, 2.45) is 5.41 Å². The molecule has 1 aliphatic rings. The fourth-order valence-electron chi connectivity index (χ4n) is 2.71. The van der Waals surface area contributed by atoms with Crippen LogP contribution in [-0.4, -0.2) is 51.4 Å². The molecule has 8 heteroatoms. The van der Waals surface area contributed by atoms with E-state index >= 15 is 0 Å². The first-order valence-electron chi connectivity index (χ1n) is 8.49. The number of sulfone groups is 1. The van der Waals surface area contributed by atoms with Crippen molar-refractivity contribution in [3.63, 3.8) is 0 Å². The van der Waals surface area contributed by atoms with Gasteiger partial charge in [0.05, 0.1) is 11.5 Å². The molecule has 2 amide bonds. The van der Waals surface area contributed by atoms with Crippen LogP contribution in [0.2, 0.25) is 0 Å². The minimum absolute atomic E-state index is 0.00272. The molecule has 1 aromatic rings. The number of ether oxygens (including phenoxy) is 1. The van der Waals surface area contributed by atoms with E-state index in [2.05, 4.69) is 5.32 Å². The number of anilines is 1. The van der Waals surface area contributed by atoms with Gasteiger partial charge >= 0.3 is 0 Å². The lowest BCUT2D eigenvalue weighted by Gasteiger charge is -2.26. The van der Waals surface area contributed by atoms with E-state index in [1.807, 2.05) is 20.8 Å². The molecule has 1 fully saturated rings. The molecule has 0 aliphatic carbocycles. The maximum atomic E-state index is 12.3. The SMILES string of the molecule is CN(C(=O)C(C)(C)C)c1ccc(OCC(=O)NC2CCS(=O)(=O)C2)cc1. The van der Waals surface area contributed by atoms with Crippen LogP contribution in [0, 0.1) is 5.41 Å². The highest BCUT2D eigenvalue weighted by Gasteiger charge is 2.29. The van der Waals surface area contributed by atoms with Crippen molar-refractivity contribution in [1.82, 2.24) is 5.32 Å². The summed E-state index contributed by atoms with van der Waals surface area (Å²) in [7, 11) is -1.31. The molecule has 0 aromatic heterocycles. The second kappa shape index (κ2) is 7.65. The molecule has 7 nitrogen and oxygen atoms in total. The van der Waals surface area contributed by atoms with Crippen molar-refractivity contribution in [3.8, 4) is 5.75 Å². The van der Waals surface area contributed by atoms with Gasteiger partial charge in [0.2, 0.25) is 5.91 Å². The van der Waals surface area contributed by atoms with E-state index < -0.39 is 15.3 Å². The molecule has 1 aliphatic heterocycles. The van der Waals surface area contributed by atoms with Crippen LogP contribution in [0.5, 0.6) is 5.75 Å². The van der Waals surface area contributed by atoms with Crippen LogP contribution in [0.1, 0.15) is 27.2 Å². The summed E-state index contributed by atoms with van der Waals surface area (Å²) in [6.07, 6.45) is 0.441. The molecule has 1 atom stereocenters. The zero-order valence-electron chi connectivity index (χ0n) is 15.6. The lowest BCUT2D eigenvalue weighted by atomic mass is 9.95. The number of nitrogens with zero attached hydrogens (tertiary/aromatic N) is 1. The molecule has 0 saturated carbocycles. The summed E-state index contributed by atoms with van der Waals surface area (Å²) in [5.74, 6) is 0.246. The van der Waals surface area contributed by atoms with Gasteiger partial charge in [0, 0.05) is 24.2 Å². The normalized spacial score (nSPS) is 19.0. The Morgan fingerprint density at radius 1 is 1.23 bits per heavy atom. The average Bonchev–Trinajstić information content (AvgIpc) is 2.89. The second-order valence-electron chi connectivity index (χ2n) is 7.56. The van der Waals surface area contributed by atoms with Gasteiger partial charge in [0.25, 0.3) is 5.91 Å². The summed E-state index contributed by atoms with van der Waals surface area (Å²) in [4.78, 5) is 25.7. The highest BCUT2D eigenvalue weighted by atomic mass is 32.2. The number of amides is 2. The standard InChI is InChI=1S/C18H26N2O5S/c1-18(2,3)17(22)20(4)14-5-7-15(8-6-14)25-11-16(21)19-13-9-10-26(23,24)12-13/h5-8,13H,9-12H2,1-4H3,(H,19,21). The van der Waals surface area contributed by atoms with Crippen LogP contribution in [-0.2, 0) is 19.4 Å². The Balaban J connectivity index is 1.85. The van der Waals surface area contributed by atoms with E-state index in [0.29, 0.717) is 12.2 Å². The van der Waals surface area contributed by atoms with E-state index in [9.17, 15) is 18.0 Å². The number of carbonyl (C=O) groups is 2. The molecule has 2 rings (SSSR count). The van der Waals surface area contributed by atoms with E-state index in [1.54, 1.807) is 36.2 Å². The van der Waals surface area contributed by atoms with E-state index in [4.69, 9.17) is 4.74 Å². The lowest BCUT2D eigenvalue weighted by Crippen LogP contribution is -2.38. The molecule has 0 spiro atoms. The van der Waals surface area contributed by atoms with Gasteiger partial charge < -0.3 is 15.0 Å². The van der Waals surface area contributed by atoms with Gasteiger partial charge in [0.1, 0.15) is 5.75 Å². The van der Waals surface area contributed by atoms with Gasteiger partial charge in [-0.2, -0.15) is 0 Å². The summed E-state index contributed by atoms with van der Waals surface area (Å²) in [6.45, 7) is 5.39. The molecular weight excluding hydrogens is 356 g/mol. The first-order chi connectivity index (χ1) is 12.0. The number of nitrogens with one attached hydrogen (secondary N) is 1. The highest BCUT2D eigenvalue weighted by Crippen LogP contribution is 2.24. The first-order valence-corrected chi connectivity index (χ1v) is 10.3. The molecule has 1 heterocycles. The lowest BCUT2D eigenvalue weighted by molar-refractivity contribution is -0.125. The Bertz CT molecular complexity index is 766. The van der Waals surface area contributed by atoms with Crippen molar-refractivity contribution in [2.75, 3.05) is 30.1 Å². The van der Waals surface area contributed by atoms with E-state index in [1.165, 1.54) is 0 Å². The van der Waals surface area contributed by atoms with Crippen molar-refractivity contribution in [3.05, 3.63) is 24.3 Å². The Labute approximate surface area is 154 Å².